The van der Waals surface area contributed by atoms with E-state index in [1.54, 1.807) is 24.3 Å². The van der Waals surface area contributed by atoms with E-state index >= 15 is 4.39 Å². The Kier molecular flexibility index (Phi) is 11.9. The fourth-order valence-electron chi connectivity index (χ4n) is 4.93. The number of carbonyl (C=O) groups is 2. The fourth-order valence-corrected chi connectivity index (χ4v) is 5.91. The molecule has 1 N–H and O–H groups in total. The van der Waals surface area contributed by atoms with E-state index in [0.29, 0.717) is 35.1 Å². The van der Waals surface area contributed by atoms with Crippen molar-refractivity contribution < 1.29 is 31.9 Å². The quantitative estimate of drug-likeness (QED) is 0.138. The van der Waals surface area contributed by atoms with Gasteiger partial charge in [0.05, 0.1) is 24.6 Å². The number of nitrogens with zero attached hydrogens (tertiary/aromatic N) is 1. The Morgan fingerprint density at radius 1 is 0.884 bits per heavy atom. The summed E-state index contributed by atoms with van der Waals surface area (Å²) in [7, 11) is 0. The standard InChI is InChI=1S/C33H36F4N2O3S/c1-2-3-4-5-6-7-8-9-15-42-30-12-10-11-26(35)25(30)20-39-29-14-13-22(16-31(29)43-21-32(39)40)33(41)38-19-24-27(36)17-23(34)18-28(24)37/h10-14,16-18H,2-9,15,19-21H2,1H3,(H,38,41). The van der Waals surface area contributed by atoms with Crippen LogP contribution in [0, 0.1) is 23.3 Å². The zero-order valence-electron chi connectivity index (χ0n) is 24.2. The number of amides is 2. The van der Waals surface area contributed by atoms with Gasteiger partial charge in [-0.05, 0) is 36.8 Å². The molecule has 0 aliphatic carbocycles. The second-order valence-corrected chi connectivity index (χ2v) is 11.5. The van der Waals surface area contributed by atoms with Gasteiger partial charge in [-0.1, -0.05) is 57.9 Å². The van der Waals surface area contributed by atoms with Gasteiger partial charge < -0.3 is 15.0 Å². The number of thioether (sulfide) groups is 1. The predicted octanol–water partition coefficient (Wildman–Crippen LogP) is 8.33. The molecule has 10 heteroatoms. The fraction of sp³-hybridized carbons (Fsp3) is 0.394. The third kappa shape index (κ3) is 8.75. The predicted molar refractivity (Wildman–Crippen MR) is 160 cm³/mol. The van der Waals surface area contributed by atoms with E-state index in [1.165, 1.54) is 60.9 Å². The Bertz CT molecular complexity index is 1410. The normalized spacial score (nSPS) is 12.8. The van der Waals surface area contributed by atoms with Crippen molar-refractivity contribution in [3.63, 3.8) is 0 Å². The largest absolute Gasteiger partial charge is 0.493 e. The van der Waals surface area contributed by atoms with Crippen molar-refractivity contribution >= 4 is 29.3 Å². The number of nitrogens with one attached hydrogen (secondary N) is 1. The number of carbonyl (C=O) groups excluding carboxylic acids is 2. The SMILES string of the molecule is CCCCCCCCCCOc1cccc(F)c1CN1C(=O)CSc2cc(C(=O)NCc3c(F)cc(F)cc3F)ccc21. The molecular formula is C33H36F4N2O3S. The smallest absolute Gasteiger partial charge is 0.251 e. The van der Waals surface area contributed by atoms with Crippen molar-refractivity contribution in [3.8, 4) is 5.75 Å². The van der Waals surface area contributed by atoms with E-state index in [0.717, 1.165) is 19.3 Å². The number of fused-ring (bicyclic) bond motifs is 1. The summed E-state index contributed by atoms with van der Waals surface area (Å²) in [6.07, 6.45) is 9.25. The Balaban J connectivity index is 1.39. The second kappa shape index (κ2) is 15.8. The minimum Gasteiger partial charge on any atom is -0.493 e. The summed E-state index contributed by atoms with van der Waals surface area (Å²) in [6, 6.07) is 10.4. The number of halogens is 4. The third-order valence-corrected chi connectivity index (χ3v) is 8.37. The second-order valence-electron chi connectivity index (χ2n) is 10.5. The van der Waals surface area contributed by atoms with Gasteiger partial charge in [0.15, 0.2) is 0 Å². The summed E-state index contributed by atoms with van der Waals surface area (Å²) < 4.78 is 62.1. The maximum absolute atomic E-state index is 15.0. The van der Waals surface area contributed by atoms with E-state index in [4.69, 9.17) is 4.74 Å². The summed E-state index contributed by atoms with van der Waals surface area (Å²) >= 11 is 1.24. The molecule has 2 amide bonds. The van der Waals surface area contributed by atoms with Crippen LogP contribution < -0.4 is 15.0 Å². The summed E-state index contributed by atoms with van der Waals surface area (Å²) in [5, 5.41) is 2.44. The highest BCUT2D eigenvalue weighted by Gasteiger charge is 2.28. The minimum atomic E-state index is -1.10. The first-order valence-electron chi connectivity index (χ1n) is 14.7. The molecule has 0 saturated carbocycles. The Labute approximate surface area is 254 Å². The summed E-state index contributed by atoms with van der Waals surface area (Å²) in [4.78, 5) is 27.8. The highest BCUT2D eigenvalue weighted by atomic mass is 32.2. The average Bonchev–Trinajstić information content (AvgIpc) is 2.98. The van der Waals surface area contributed by atoms with Crippen LogP contribution in [0.15, 0.2) is 53.4 Å². The number of hydrogen-bond donors (Lipinski definition) is 1. The molecule has 4 rings (SSSR count). The molecule has 0 saturated heterocycles. The number of ether oxygens (including phenoxy) is 1. The summed E-state index contributed by atoms with van der Waals surface area (Å²) in [6.45, 7) is 2.14. The number of rotatable bonds is 15. The van der Waals surface area contributed by atoms with Crippen LogP contribution in [-0.4, -0.2) is 24.2 Å². The topological polar surface area (TPSA) is 58.6 Å². The lowest BCUT2D eigenvalue weighted by Gasteiger charge is -2.30. The number of hydrogen-bond acceptors (Lipinski definition) is 4. The molecule has 0 atom stereocenters. The van der Waals surface area contributed by atoms with Gasteiger partial charge in [-0.3, -0.25) is 9.59 Å². The van der Waals surface area contributed by atoms with Crippen molar-refractivity contribution in [2.45, 2.75) is 76.3 Å². The van der Waals surface area contributed by atoms with Gasteiger partial charge in [0.25, 0.3) is 5.91 Å². The number of anilines is 1. The maximum Gasteiger partial charge on any atom is 0.251 e. The minimum absolute atomic E-state index is 0.0412. The Morgan fingerprint density at radius 2 is 1.58 bits per heavy atom. The van der Waals surface area contributed by atoms with Crippen LogP contribution in [0.2, 0.25) is 0 Å². The lowest BCUT2D eigenvalue weighted by atomic mass is 10.1. The van der Waals surface area contributed by atoms with Crippen LogP contribution >= 0.6 is 11.8 Å². The van der Waals surface area contributed by atoms with E-state index in [1.807, 2.05) is 0 Å². The number of unbranched alkanes of at least 4 members (excludes halogenated alkanes) is 7. The maximum atomic E-state index is 15.0. The van der Waals surface area contributed by atoms with Gasteiger partial charge in [-0.2, -0.15) is 0 Å². The van der Waals surface area contributed by atoms with Crippen LogP contribution in [-0.2, 0) is 17.9 Å². The van der Waals surface area contributed by atoms with Gasteiger partial charge >= 0.3 is 0 Å². The van der Waals surface area contributed by atoms with Crippen molar-refractivity contribution in [3.05, 3.63) is 88.5 Å². The van der Waals surface area contributed by atoms with Crippen molar-refractivity contribution in [2.75, 3.05) is 17.3 Å². The molecule has 230 valence electrons. The van der Waals surface area contributed by atoms with E-state index < -0.39 is 41.3 Å². The van der Waals surface area contributed by atoms with Gasteiger partial charge in [0.2, 0.25) is 5.91 Å². The molecule has 0 aromatic heterocycles. The van der Waals surface area contributed by atoms with Gasteiger partial charge in [-0.15, -0.1) is 11.8 Å². The van der Waals surface area contributed by atoms with Gasteiger partial charge in [0.1, 0.15) is 29.0 Å². The lowest BCUT2D eigenvalue weighted by Crippen LogP contribution is -2.35. The van der Waals surface area contributed by atoms with Crippen molar-refractivity contribution in [1.29, 1.82) is 0 Å². The zero-order valence-corrected chi connectivity index (χ0v) is 25.0. The molecule has 43 heavy (non-hydrogen) atoms. The lowest BCUT2D eigenvalue weighted by molar-refractivity contribution is -0.116. The number of benzene rings is 3. The summed E-state index contributed by atoms with van der Waals surface area (Å²) in [5.41, 5.74) is 0.553. The van der Waals surface area contributed by atoms with Crippen LogP contribution in [0.5, 0.6) is 5.75 Å². The van der Waals surface area contributed by atoms with Crippen LogP contribution in [0.4, 0.5) is 23.2 Å². The first kappa shape index (κ1) is 32.4. The van der Waals surface area contributed by atoms with Gasteiger partial charge in [0, 0.05) is 40.3 Å². The van der Waals surface area contributed by atoms with Gasteiger partial charge in [-0.25, -0.2) is 17.6 Å². The molecule has 0 fully saturated rings. The molecule has 3 aromatic carbocycles. The Morgan fingerprint density at radius 3 is 2.30 bits per heavy atom. The van der Waals surface area contributed by atoms with E-state index in [2.05, 4.69) is 12.2 Å². The zero-order chi connectivity index (χ0) is 30.8. The van der Waals surface area contributed by atoms with E-state index in [-0.39, 0.29) is 29.3 Å². The monoisotopic (exact) mass is 616 g/mol. The molecule has 3 aromatic rings. The average molecular weight is 617 g/mol. The molecule has 1 aliphatic heterocycles. The summed E-state index contributed by atoms with van der Waals surface area (Å²) in [5.74, 6) is -4.04. The molecule has 1 aliphatic rings. The van der Waals surface area contributed by atoms with E-state index in [9.17, 15) is 22.8 Å². The molecule has 0 bridgehead atoms. The highest BCUT2D eigenvalue weighted by Crippen LogP contribution is 2.38. The molecule has 1 heterocycles. The third-order valence-electron chi connectivity index (χ3n) is 7.34. The van der Waals surface area contributed by atoms with Crippen LogP contribution in [0.1, 0.15) is 79.8 Å². The molecular weight excluding hydrogens is 580 g/mol. The van der Waals surface area contributed by atoms with Crippen molar-refractivity contribution in [1.82, 2.24) is 5.32 Å². The molecule has 5 nitrogen and oxygen atoms in total. The molecule has 0 spiro atoms. The van der Waals surface area contributed by atoms with Crippen LogP contribution in [0.25, 0.3) is 0 Å². The first-order chi connectivity index (χ1) is 20.8. The first-order valence-corrected chi connectivity index (χ1v) is 15.7. The van der Waals surface area contributed by atoms with Crippen molar-refractivity contribution in [2.24, 2.45) is 0 Å². The molecule has 0 unspecified atom stereocenters. The van der Waals surface area contributed by atoms with Crippen LogP contribution in [0.3, 0.4) is 0 Å². The highest BCUT2D eigenvalue weighted by molar-refractivity contribution is 8.00. The Hall–Kier alpha value is -3.53. The molecule has 0 radical (unpaired) electrons.